The van der Waals surface area contributed by atoms with Gasteiger partial charge in [-0.05, 0) is 31.2 Å². The Morgan fingerprint density at radius 1 is 1.29 bits per heavy atom. The van der Waals surface area contributed by atoms with E-state index >= 15 is 0 Å². The van der Waals surface area contributed by atoms with Crippen LogP contribution < -0.4 is 5.32 Å². The van der Waals surface area contributed by atoms with Gasteiger partial charge in [-0.25, -0.2) is 0 Å². The number of benzene rings is 1. The Labute approximate surface area is 118 Å². The van der Waals surface area contributed by atoms with E-state index in [1.54, 1.807) is 11.8 Å². The van der Waals surface area contributed by atoms with Gasteiger partial charge in [-0.3, -0.25) is 0 Å². The van der Waals surface area contributed by atoms with Crippen molar-refractivity contribution in [2.75, 3.05) is 6.54 Å². The second kappa shape index (κ2) is 7.52. The molecule has 1 rings (SSSR count). The maximum Gasteiger partial charge on any atom is 0.0543 e. The van der Waals surface area contributed by atoms with Crippen LogP contribution >= 0.6 is 35.0 Å². The molecule has 0 radical (unpaired) electrons. The Morgan fingerprint density at radius 3 is 2.59 bits per heavy atom. The van der Waals surface area contributed by atoms with Crippen molar-refractivity contribution in [2.24, 2.45) is 0 Å². The molecule has 0 amide bonds. The third-order valence-corrected chi connectivity index (χ3v) is 4.65. The van der Waals surface area contributed by atoms with Crippen LogP contribution in [-0.4, -0.2) is 17.8 Å². The molecule has 0 saturated carbocycles. The smallest absolute Gasteiger partial charge is 0.0543 e. The number of hydrogen-bond acceptors (Lipinski definition) is 2. The molecular formula is C13H19Cl2NS. The maximum atomic E-state index is 6.17. The van der Waals surface area contributed by atoms with Crippen LogP contribution in [0.4, 0.5) is 0 Å². The molecule has 0 aliphatic rings. The second-order valence-electron chi connectivity index (χ2n) is 3.97. The molecule has 17 heavy (non-hydrogen) atoms. The van der Waals surface area contributed by atoms with E-state index in [4.69, 9.17) is 23.2 Å². The highest BCUT2D eigenvalue weighted by molar-refractivity contribution is 8.00. The van der Waals surface area contributed by atoms with Gasteiger partial charge < -0.3 is 5.32 Å². The average Bonchev–Trinajstić information content (AvgIpc) is 2.30. The van der Waals surface area contributed by atoms with Crippen LogP contribution in [-0.2, 0) is 0 Å². The van der Waals surface area contributed by atoms with Gasteiger partial charge in [-0.15, -0.1) is 11.8 Å². The van der Waals surface area contributed by atoms with E-state index in [1.807, 2.05) is 18.2 Å². The van der Waals surface area contributed by atoms with E-state index in [1.165, 1.54) is 0 Å². The van der Waals surface area contributed by atoms with Gasteiger partial charge in [-0.2, -0.15) is 0 Å². The van der Waals surface area contributed by atoms with Crippen molar-refractivity contribution in [3.8, 4) is 0 Å². The predicted octanol–water partition coefficient (Wildman–Crippen LogP) is 4.86. The topological polar surface area (TPSA) is 12.0 Å². The largest absolute Gasteiger partial charge is 0.313 e. The zero-order chi connectivity index (χ0) is 12.8. The standard InChI is InChI=1S/C13H19Cl2NS/c1-4-12(16-5-2)9(3)17-13-8-10(14)6-7-11(13)15/h6-9,12,16H,4-5H2,1-3H3. The summed E-state index contributed by atoms with van der Waals surface area (Å²) < 4.78 is 0. The summed E-state index contributed by atoms with van der Waals surface area (Å²) in [5.41, 5.74) is 0. The Bertz CT molecular complexity index is 357. The van der Waals surface area contributed by atoms with Gasteiger partial charge in [0.15, 0.2) is 0 Å². The van der Waals surface area contributed by atoms with Crippen LogP contribution in [0.5, 0.6) is 0 Å². The first-order valence-corrected chi connectivity index (χ1v) is 7.57. The predicted molar refractivity (Wildman–Crippen MR) is 79.5 cm³/mol. The van der Waals surface area contributed by atoms with E-state index in [0.717, 1.165) is 27.9 Å². The van der Waals surface area contributed by atoms with Crippen LogP contribution in [0.3, 0.4) is 0 Å². The fourth-order valence-electron chi connectivity index (χ4n) is 1.75. The van der Waals surface area contributed by atoms with Crippen molar-refractivity contribution >= 4 is 35.0 Å². The first-order valence-electron chi connectivity index (χ1n) is 5.93. The summed E-state index contributed by atoms with van der Waals surface area (Å²) in [6.07, 6.45) is 1.11. The van der Waals surface area contributed by atoms with Crippen molar-refractivity contribution < 1.29 is 0 Å². The summed E-state index contributed by atoms with van der Waals surface area (Å²) in [6.45, 7) is 7.54. The Morgan fingerprint density at radius 2 is 2.00 bits per heavy atom. The van der Waals surface area contributed by atoms with Crippen molar-refractivity contribution in [2.45, 2.75) is 43.4 Å². The van der Waals surface area contributed by atoms with Crippen LogP contribution in [0.15, 0.2) is 23.1 Å². The molecule has 0 aliphatic heterocycles. The summed E-state index contributed by atoms with van der Waals surface area (Å²) in [5.74, 6) is 0. The number of nitrogens with one attached hydrogen (secondary N) is 1. The van der Waals surface area contributed by atoms with Gasteiger partial charge in [0.25, 0.3) is 0 Å². The monoisotopic (exact) mass is 291 g/mol. The third-order valence-electron chi connectivity index (χ3n) is 2.68. The lowest BCUT2D eigenvalue weighted by Crippen LogP contribution is -2.35. The maximum absolute atomic E-state index is 6.17. The lowest BCUT2D eigenvalue weighted by atomic mass is 10.2. The molecule has 2 atom stereocenters. The summed E-state index contributed by atoms with van der Waals surface area (Å²) in [7, 11) is 0. The van der Waals surface area contributed by atoms with Crippen LogP contribution in [0.1, 0.15) is 27.2 Å². The highest BCUT2D eigenvalue weighted by Gasteiger charge is 2.16. The van der Waals surface area contributed by atoms with Crippen molar-refractivity contribution in [1.29, 1.82) is 0 Å². The zero-order valence-corrected chi connectivity index (χ0v) is 12.8. The Balaban J connectivity index is 2.72. The molecule has 2 unspecified atom stereocenters. The van der Waals surface area contributed by atoms with Crippen LogP contribution in [0.25, 0.3) is 0 Å². The summed E-state index contributed by atoms with van der Waals surface area (Å²) in [5, 5.41) is 5.47. The summed E-state index contributed by atoms with van der Waals surface area (Å²) >= 11 is 13.9. The van der Waals surface area contributed by atoms with Gasteiger partial charge in [0.1, 0.15) is 0 Å². The molecule has 96 valence electrons. The van der Waals surface area contributed by atoms with E-state index < -0.39 is 0 Å². The molecule has 1 aromatic carbocycles. The fraction of sp³-hybridized carbons (Fsp3) is 0.538. The van der Waals surface area contributed by atoms with Gasteiger partial charge in [0, 0.05) is 21.2 Å². The van der Waals surface area contributed by atoms with Crippen LogP contribution in [0, 0.1) is 0 Å². The Kier molecular flexibility index (Phi) is 6.71. The van der Waals surface area contributed by atoms with E-state index in [-0.39, 0.29) is 0 Å². The molecule has 0 heterocycles. The molecule has 1 aromatic rings. The highest BCUT2D eigenvalue weighted by Crippen LogP contribution is 2.34. The second-order valence-corrected chi connectivity index (χ2v) is 6.23. The highest BCUT2D eigenvalue weighted by atomic mass is 35.5. The van der Waals surface area contributed by atoms with Crippen molar-refractivity contribution in [3.63, 3.8) is 0 Å². The van der Waals surface area contributed by atoms with Crippen LogP contribution in [0.2, 0.25) is 10.0 Å². The van der Waals surface area contributed by atoms with E-state index in [9.17, 15) is 0 Å². The van der Waals surface area contributed by atoms with Gasteiger partial charge in [0.05, 0.1) is 5.02 Å². The number of hydrogen-bond donors (Lipinski definition) is 1. The molecular weight excluding hydrogens is 273 g/mol. The number of thioether (sulfide) groups is 1. The molecule has 0 aliphatic carbocycles. The molecule has 0 spiro atoms. The molecule has 4 heteroatoms. The van der Waals surface area contributed by atoms with Crippen molar-refractivity contribution in [3.05, 3.63) is 28.2 Å². The number of halogens is 2. The quantitative estimate of drug-likeness (QED) is 0.751. The summed E-state index contributed by atoms with van der Waals surface area (Å²) in [6, 6.07) is 6.11. The summed E-state index contributed by atoms with van der Waals surface area (Å²) in [4.78, 5) is 1.06. The first kappa shape index (κ1) is 15.2. The SMILES string of the molecule is CCNC(CC)C(C)Sc1cc(Cl)ccc1Cl. The molecule has 1 nitrogen and oxygen atoms in total. The molecule has 0 saturated heterocycles. The first-order chi connectivity index (χ1) is 8.08. The minimum absolute atomic E-state index is 0.468. The molecule has 1 N–H and O–H groups in total. The minimum Gasteiger partial charge on any atom is -0.313 e. The van der Waals surface area contributed by atoms with E-state index in [0.29, 0.717) is 11.3 Å². The van der Waals surface area contributed by atoms with Gasteiger partial charge in [0.2, 0.25) is 0 Å². The van der Waals surface area contributed by atoms with Crippen molar-refractivity contribution in [1.82, 2.24) is 5.32 Å². The minimum atomic E-state index is 0.468. The van der Waals surface area contributed by atoms with Gasteiger partial charge in [-0.1, -0.05) is 44.0 Å². The molecule has 0 bridgehead atoms. The lowest BCUT2D eigenvalue weighted by Gasteiger charge is -2.23. The molecule has 0 fully saturated rings. The zero-order valence-electron chi connectivity index (χ0n) is 10.5. The molecule has 0 aromatic heterocycles. The average molecular weight is 292 g/mol. The van der Waals surface area contributed by atoms with Gasteiger partial charge >= 0.3 is 0 Å². The normalized spacial score (nSPS) is 14.6. The Hall–Kier alpha value is 0.110. The number of rotatable bonds is 6. The fourth-order valence-corrected chi connectivity index (χ4v) is 3.47. The lowest BCUT2D eigenvalue weighted by molar-refractivity contribution is 0.509. The third kappa shape index (κ3) is 4.70. The van der Waals surface area contributed by atoms with E-state index in [2.05, 4.69) is 26.1 Å².